The summed E-state index contributed by atoms with van der Waals surface area (Å²) in [5.41, 5.74) is 1.25. The van der Waals surface area contributed by atoms with Crippen molar-refractivity contribution in [1.29, 1.82) is 0 Å². The first kappa shape index (κ1) is 23.4. The van der Waals surface area contributed by atoms with E-state index in [-0.39, 0.29) is 12.0 Å². The van der Waals surface area contributed by atoms with Gasteiger partial charge in [0.05, 0.1) is 0 Å². The van der Waals surface area contributed by atoms with Gasteiger partial charge >= 0.3 is 12.0 Å². The number of nitrogens with one attached hydrogen (secondary N) is 3. The summed E-state index contributed by atoms with van der Waals surface area (Å²) in [7, 11) is 0. The van der Waals surface area contributed by atoms with Crippen LogP contribution in [-0.2, 0) is 14.3 Å². The van der Waals surface area contributed by atoms with E-state index in [0.717, 1.165) is 31.2 Å². The average molecular weight is 418 g/mol. The fourth-order valence-corrected chi connectivity index (χ4v) is 3.35. The Bertz CT molecular complexity index is 787. The van der Waals surface area contributed by atoms with Crippen molar-refractivity contribution in [2.24, 2.45) is 5.92 Å². The second-order valence-corrected chi connectivity index (χ2v) is 8.03. The highest BCUT2D eigenvalue weighted by atomic mass is 16.5. The van der Waals surface area contributed by atoms with Crippen molar-refractivity contribution in [1.82, 2.24) is 16.0 Å². The molecule has 0 radical (unpaired) electrons. The minimum Gasteiger partial charge on any atom is -0.451 e. The maximum absolute atomic E-state index is 12.6. The predicted octanol–water partition coefficient (Wildman–Crippen LogP) is 2.45. The quantitative estimate of drug-likeness (QED) is 0.590. The van der Waals surface area contributed by atoms with E-state index in [1.54, 1.807) is 39.0 Å². The molecule has 1 aromatic rings. The molecule has 8 heteroatoms. The van der Waals surface area contributed by atoms with Crippen LogP contribution in [0.3, 0.4) is 0 Å². The third-order valence-electron chi connectivity index (χ3n) is 5.19. The van der Waals surface area contributed by atoms with E-state index in [2.05, 4.69) is 16.0 Å². The highest BCUT2D eigenvalue weighted by Gasteiger charge is 2.30. The van der Waals surface area contributed by atoms with Crippen LogP contribution in [0.1, 0.15) is 62.4 Å². The summed E-state index contributed by atoms with van der Waals surface area (Å²) in [5.74, 6) is -2.10. The first-order valence-corrected chi connectivity index (χ1v) is 10.4. The summed E-state index contributed by atoms with van der Waals surface area (Å²) in [6, 6.07) is 5.59. The van der Waals surface area contributed by atoms with Crippen LogP contribution in [0.2, 0.25) is 0 Å². The molecule has 0 aromatic heterocycles. The van der Waals surface area contributed by atoms with Gasteiger partial charge in [-0.3, -0.25) is 14.9 Å². The Morgan fingerprint density at radius 2 is 1.67 bits per heavy atom. The van der Waals surface area contributed by atoms with Crippen LogP contribution in [0.5, 0.6) is 0 Å². The Hall–Kier alpha value is -2.90. The van der Waals surface area contributed by atoms with E-state index < -0.39 is 36.0 Å². The van der Waals surface area contributed by atoms with Gasteiger partial charge in [-0.15, -0.1) is 0 Å². The number of benzene rings is 1. The number of aryl methyl sites for hydroxylation is 1. The van der Waals surface area contributed by atoms with Crippen LogP contribution in [0, 0.1) is 12.8 Å². The number of esters is 1. The molecule has 1 aliphatic carbocycles. The molecule has 164 valence electrons. The summed E-state index contributed by atoms with van der Waals surface area (Å²) < 4.78 is 5.23. The standard InChI is InChI=1S/C22H31N3O5/c1-13(2)18(24-20(27)17-12-8-5-9-14(17)3)21(28)30-15(4)19(26)25-22(29)23-16-10-6-7-11-16/h5,8-9,12-13,15-16,18H,6-7,10-11H2,1-4H3,(H,24,27)(H2,23,25,26,29)/t15-,18-/m0/s1. The second-order valence-electron chi connectivity index (χ2n) is 8.03. The first-order chi connectivity index (χ1) is 14.2. The zero-order valence-electron chi connectivity index (χ0n) is 18.0. The number of amides is 4. The maximum Gasteiger partial charge on any atom is 0.329 e. The van der Waals surface area contributed by atoms with E-state index in [1.807, 2.05) is 6.07 Å². The van der Waals surface area contributed by atoms with Crippen LogP contribution >= 0.6 is 0 Å². The van der Waals surface area contributed by atoms with E-state index in [9.17, 15) is 19.2 Å². The number of hydrogen-bond donors (Lipinski definition) is 3. The van der Waals surface area contributed by atoms with Gasteiger partial charge in [-0.2, -0.15) is 0 Å². The van der Waals surface area contributed by atoms with Crippen LogP contribution in [0.15, 0.2) is 24.3 Å². The number of imide groups is 1. The van der Waals surface area contributed by atoms with E-state index in [0.29, 0.717) is 5.56 Å². The SMILES string of the molecule is Cc1ccccc1C(=O)N[C@H](C(=O)O[C@@H](C)C(=O)NC(=O)NC1CCCC1)C(C)C. The Morgan fingerprint density at radius 1 is 1.03 bits per heavy atom. The molecule has 1 saturated carbocycles. The van der Waals surface area contributed by atoms with Crippen LogP contribution in [-0.4, -0.2) is 42.0 Å². The molecule has 2 atom stereocenters. The zero-order chi connectivity index (χ0) is 22.3. The Balaban J connectivity index is 1.91. The van der Waals surface area contributed by atoms with Gasteiger partial charge in [0.15, 0.2) is 6.10 Å². The summed E-state index contributed by atoms with van der Waals surface area (Å²) in [4.78, 5) is 49.3. The van der Waals surface area contributed by atoms with Crippen molar-refractivity contribution in [3.05, 3.63) is 35.4 Å². The summed E-state index contributed by atoms with van der Waals surface area (Å²) in [6.45, 7) is 6.73. The van der Waals surface area contributed by atoms with Crippen molar-refractivity contribution in [3.63, 3.8) is 0 Å². The maximum atomic E-state index is 12.6. The number of carbonyl (C=O) groups is 4. The van der Waals surface area contributed by atoms with Gasteiger partial charge < -0.3 is 15.4 Å². The molecule has 3 N–H and O–H groups in total. The molecule has 4 amide bonds. The molecule has 0 spiro atoms. The molecule has 30 heavy (non-hydrogen) atoms. The third kappa shape index (κ3) is 6.57. The van der Waals surface area contributed by atoms with Crippen LogP contribution in [0.25, 0.3) is 0 Å². The van der Waals surface area contributed by atoms with E-state index in [1.165, 1.54) is 6.92 Å². The lowest BCUT2D eigenvalue weighted by Crippen LogP contribution is -2.50. The Labute approximate surface area is 177 Å². The monoisotopic (exact) mass is 417 g/mol. The highest BCUT2D eigenvalue weighted by molar-refractivity contribution is 5.99. The van der Waals surface area contributed by atoms with Gasteiger partial charge in [0.1, 0.15) is 6.04 Å². The summed E-state index contributed by atoms with van der Waals surface area (Å²) in [6.07, 6.45) is 2.71. The topological polar surface area (TPSA) is 114 Å². The fourth-order valence-electron chi connectivity index (χ4n) is 3.35. The number of hydrogen-bond acceptors (Lipinski definition) is 5. The minimum absolute atomic E-state index is 0.0673. The number of carbonyl (C=O) groups excluding carboxylic acids is 4. The van der Waals surface area contributed by atoms with Gasteiger partial charge in [-0.1, -0.05) is 44.9 Å². The lowest BCUT2D eigenvalue weighted by Gasteiger charge is -2.23. The fraction of sp³-hybridized carbons (Fsp3) is 0.545. The van der Waals surface area contributed by atoms with Crippen molar-refractivity contribution in [2.75, 3.05) is 0 Å². The molecule has 1 aliphatic rings. The smallest absolute Gasteiger partial charge is 0.329 e. The average Bonchev–Trinajstić information content (AvgIpc) is 3.18. The molecule has 1 fully saturated rings. The van der Waals surface area contributed by atoms with Gasteiger partial charge in [0.25, 0.3) is 11.8 Å². The molecule has 0 saturated heterocycles. The van der Waals surface area contributed by atoms with E-state index >= 15 is 0 Å². The Morgan fingerprint density at radius 3 is 2.27 bits per heavy atom. The van der Waals surface area contributed by atoms with Gasteiger partial charge in [-0.25, -0.2) is 9.59 Å². The van der Waals surface area contributed by atoms with Crippen molar-refractivity contribution < 1.29 is 23.9 Å². The van der Waals surface area contributed by atoms with E-state index in [4.69, 9.17) is 4.74 Å². The number of urea groups is 1. The lowest BCUT2D eigenvalue weighted by atomic mass is 10.0. The molecular formula is C22H31N3O5. The highest BCUT2D eigenvalue weighted by Crippen LogP contribution is 2.17. The molecule has 1 aromatic carbocycles. The van der Waals surface area contributed by atoms with Crippen molar-refractivity contribution in [2.45, 2.75) is 71.6 Å². The third-order valence-corrected chi connectivity index (χ3v) is 5.19. The van der Waals surface area contributed by atoms with Gasteiger partial charge in [0.2, 0.25) is 0 Å². The Kier molecular flexibility index (Phi) is 8.38. The molecular weight excluding hydrogens is 386 g/mol. The molecule has 0 bridgehead atoms. The zero-order valence-corrected chi connectivity index (χ0v) is 18.0. The predicted molar refractivity (Wildman–Crippen MR) is 112 cm³/mol. The summed E-state index contributed by atoms with van der Waals surface area (Å²) >= 11 is 0. The minimum atomic E-state index is -1.18. The number of rotatable bonds is 7. The lowest BCUT2D eigenvalue weighted by molar-refractivity contribution is -0.157. The molecule has 0 heterocycles. The van der Waals surface area contributed by atoms with Crippen molar-refractivity contribution >= 4 is 23.8 Å². The molecule has 0 unspecified atom stereocenters. The second kappa shape index (κ2) is 10.8. The number of ether oxygens (including phenoxy) is 1. The molecule has 0 aliphatic heterocycles. The molecule has 2 rings (SSSR count). The normalized spacial score (nSPS) is 15.9. The first-order valence-electron chi connectivity index (χ1n) is 10.4. The van der Waals surface area contributed by atoms with Gasteiger partial charge in [0, 0.05) is 11.6 Å². The largest absolute Gasteiger partial charge is 0.451 e. The van der Waals surface area contributed by atoms with Crippen LogP contribution in [0.4, 0.5) is 4.79 Å². The van der Waals surface area contributed by atoms with Crippen LogP contribution < -0.4 is 16.0 Å². The van der Waals surface area contributed by atoms with Crippen molar-refractivity contribution in [3.8, 4) is 0 Å². The summed E-state index contributed by atoms with van der Waals surface area (Å²) in [5, 5.41) is 7.62. The molecule has 8 nitrogen and oxygen atoms in total. The van der Waals surface area contributed by atoms with Gasteiger partial charge in [-0.05, 0) is 44.2 Å².